The summed E-state index contributed by atoms with van der Waals surface area (Å²) in [6, 6.07) is 0.357. The number of rotatable bonds is 7. The van der Waals surface area contributed by atoms with Crippen molar-refractivity contribution >= 4 is 30.1 Å². The number of nitrogens with one attached hydrogen (secondary N) is 2. The number of hydrogen-bond acceptors (Lipinski definition) is 4. The molecule has 1 atom stereocenters. The molecule has 1 aliphatic heterocycles. The Hall–Kier alpha value is 0.0300. The fourth-order valence-corrected chi connectivity index (χ4v) is 3.79. The van der Waals surface area contributed by atoms with Crippen LogP contribution in [0.25, 0.3) is 0 Å². The SMILES string of the molecule is COCCC1(CNC(=O)CC2CSCCN2)CCC1.Cl. The zero-order valence-electron chi connectivity index (χ0n) is 12.3. The Balaban J connectivity index is 0.00000200. The van der Waals surface area contributed by atoms with Gasteiger partial charge >= 0.3 is 0 Å². The van der Waals surface area contributed by atoms with Crippen LogP contribution < -0.4 is 10.6 Å². The van der Waals surface area contributed by atoms with Crippen LogP contribution in [0.5, 0.6) is 0 Å². The van der Waals surface area contributed by atoms with Gasteiger partial charge in [-0.2, -0.15) is 11.8 Å². The first kappa shape index (κ1) is 18.1. The first-order chi connectivity index (χ1) is 9.24. The third-order valence-electron chi connectivity index (χ3n) is 4.34. The minimum absolute atomic E-state index is 0. The quantitative estimate of drug-likeness (QED) is 0.751. The average molecular weight is 323 g/mol. The normalized spacial score (nSPS) is 24.4. The van der Waals surface area contributed by atoms with Gasteiger partial charge in [-0.15, -0.1) is 12.4 Å². The van der Waals surface area contributed by atoms with Crippen molar-refractivity contribution in [2.24, 2.45) is 5.41 Å². The maximum atomic E-state index is 12.0. The third-order valence-corrected chi connectivity index (χ3v) is 5.47. The Kier molecular flexibility index (Phi) is 8.25. The van der Waals surface area contributed by atoms with E-state index in [-0.39, 0.29) is 18.3 Å². The third kappa shape index (κ3) is 5.43. The van der Waals surface area contributed by atoms with Gasteiger partial charge in [-0.25, -0.2) is 0 Å². The van der Waals surface area contributed by atoms with E-state index in [9.17, 15) is 4.79 Å². The molecule has 20 heavy (non-hydrogen) atoms. The number of hydrogen-bond donors (Lipinski definition) is 2. The minimum atomic E-state index is 0. The molecule has 0 aromatic carbocycles. The summed E-state index contributed by atoms with van der Waals surface area (Å²) in [4.78, 5) is 12.0. The molecule has 1 saturated heterocycles. The van der Waals surface area contributed by atoms with Crippen molar-refractivity contribution in [3.63, 3.8) is 0 Å². The Morgan fingerprint density at radius 1 is 1.50 bits per heavy atom. The number of halogens is 1. The van der Waals surface area contributed by atoms with Gasteiger partial charge < -0.3 is 15.4 Å². The summed E-state index contributed by atoms with van der Waals surface area (Å²) in [5, 5.41) is 6.55. The number of carbonyl (C=O) groups is 1. The van der Waals surface area contributed by atoms with Crippen molar-refractivity contribution in [2.75, 3.05) is 38.3 Å². The van der Waals surface area contributed by atoms with Crippen LogP contribution in [0.4, 0.5) is 0 Å². The smallest absolute Gasteiger partial charge is 0.221 e. The highest BCUT2D eigenvalue weighted by atomic mass is 35.5. The maximum Gasteiger partial charge on any atom is 0.221 e. The number of amides is 1. The lowest BCUT2D eigenvalue weighted by atomic mass is 9.66. The fourth-order valence-electron chi connectivity index (χ4n) is 2.84. The summed E-state index contributed by atoms with van der Waals surface area (Å²) in [7, 11) is 1.75. The molecule has 0 aromatic rings. The van der Waals surface area contributed by atoms with Crippen LogP contribution in [0.15, 0.2) is 0 Å². The molecule has 1 aliphatic carbocycles. The lowest BCUT2D eigenvalue weighted by Crippen LogP contribution is -2.46. The Morgan fingerprint density at radius 3 is 2.85 bits per heavy atom. The second-order valence-corrected chi connectivity index (χ2v) is 6.95. The van der Waals surface area contributed by atoms with Crippen LogP contribution in [-0.2, 0) is 9.53 Å². The molecule has 2 fully saturated rings. The van der Waals surface area contributed by atoms with Crippen molar-refractivity contribution < 1.29 is 9.53 Å². The summed E-state index contributed by atoms with van der Waals surface area (Å²) < 4.78 is 5.18. The number of carbonyl (C=O) groups excluding carboxylic acids is 1. The highest BCUT2D eigenvalue weighted by Gasteiger charge is 2.36. The molecule has 2 N–H and O–H groups in total. The molecule has 0 aromatic heterocycles. The van der Waals surface area contributed by atoms with Gasteiger partial charge in [-0.1, -0.05) is 6.42 Å². The predicted molar refractivity (Wildman–Crippen MR) is 86.8 cm³/mol. The summed E-state index contributed by atoms with van der Waals surface area (Å²) in [6.45, 7) is 2.66. The van der Waals surface area contributed by atoms with E-state index < -0.39 is 0 Å². The van der Waals surface area contributed by atoms with Crippen LogP contribution in [-0.4, -0.2) is 50.3 Å². The molecule has 2 aliphatic rings. The summed E-state index contributed by atoms with van der Waals surface area (Å²) in [6.07, 6.45) is 5.44. The molecule has 6 heteroatoms. The van der Waals surface area contributed by atoms with Gasteiger partial charge in [0.05, 0.1) is 0 Å². The molecule has 1 amide bonds. The monoisotopic (exact) mass is 322 g/mol. The zero-order valence-corrected chi connectivity index (χ0v) is 13.9. The van der Waals surface area contributed by atoms with Crippen molar-refractivity contribution in [2.45, 2.75) is 38.1 Å². The standard InChI is InChI=1S/C14H26N2O2S.ClH/c1-18-7-5-14(3-2-4-14)11-16-13(17)9-12-10-19-8-6-15-12;/h12,15H,2-11H2,1H3,(H,16,17);1H. The first-order valence-electron chi connectivity index (χ1n) is 7.31. The first-order valence-corrected chi connectivity index (χ1v) is 8.46. The van der Waals surface area contributed by atoms with Gasteiger partial charge in [0, 0.05) is 50.8 Å². The van der Waals surface area contributed by atoms with E-state index in [1.165, 1.54) is 19.3 Å². The topological polar surface area (TPSA) is 50.4 Å². The van der Waals surface area contributed by atoms with Gasteiger partial charge in [0.1, 0.15) is 0 Å². The number of methoxy groups -OCH3 is 1. The van der Waals surface area contributed by atoms with E-state index in [1.54, 1.807) is 7.11 Å². The highest BCUT2D eigenvalue weighted by molar-refractivity contribution is 7.99. The second kappa shape index (κ2) is 9.13. The van der Waals surface area contributed by atoms with Gasteiger partial charge in [-0.05, 0) is 24.7 Å². The van der Waals surface area contributed by atoms with Crippen LogP contribution in [0.2, 0.25) is 0 Å². The minimum Gasteiger partial charge on any atom is -0.385 e. The molecule has 0 spiro atoms. The largest absolute Gasteiger partial charge is 0.385 e. The van der Waals surface area contributed by atoms with Crippen molar-refractivity contribution in [3.05, 3.63) is 0 Å². The molecule has 118 valence electrons. The predicted octanol–water partition coefficient (Wildman–Crippen LogP) is 1.83. The zero-order chi connectivity index (χ0) is 13.6. The molecule has 0 bridgehead atoms. The van der Waals surface area contributed by atoms with E-state index in [4.69, 9.17) is 4.74 Å². The summed E-state index contributed by atoms with van der Waals surface area (Å²) in [5.74, 6) is 2.42. The Morgan fingerprint density at radius 2 is 2.30 bits per heavy atom. The Labute approximate surface area is 132 Å². The summed E-state index contributed by atoms with van der Waals surface area (Å²) in [5.41, 5.74) is 0.320. The van der Waals surface area contributed by atoms with Crippen molar-refractivity contribution in [3.8, 4) is 0 Å². The van der Waals surface area contributed by atoms with Crippen molar-refractivity contribution in [1.29, 1.82) is 0 Å². The molecule has 1 saturated carbocycles. The van der Waals surface area contributed by atoms with Crippen LogP contribution in [0, 0.1) is 5.41 Å². The molecule has 1 unspecified atom stereocenters. The number of thioether (sulfide) groups is 1. The van der Waals surface area contributed by atoms with E-state index in [1.807, 2.05) is 11.8 Å². The maximum absolute atomic E-state index is 12.0. The molecule has 1 heterocycles. The van der Waals surface area contributed by atoms with Gasteiger partial charge in [0.15, 0.2) is 0 Å². The van der Waals surface area contributed by atoms with Crippen molar-refractivity contribution in [1.82, 2.24) is 10.6 Å². The van der Waals surface area contributed by atoms with Crippen LogP contribution in [0.1, 0.15) is 32.1 Å². The van der Waals surface area contributed by atoms with E-state index in [0.717, 1.165) is 37.6 Å². The molecule has 4 nitrogen and oxygen atoms in total. The van der Waals surface area contributed by atoms with Gasteiger partial charge in [0.25, 0.3) is 0 Å². The van der Waals surface area contributed by atoms with Gasteiger partial charge in [-0.3, -0.25) is 4.79 Å². The van der Waals surface area contributed by atoms with Gasteiger partial charge in [0.2, 0.25) is 5.91 Å². The van der Waals surface area contributed by atoms with Crippen LogP contribution >= 0.6 is 24.2 Å². The molecule has 0 radical (unpaired) electrons. The molecular formula is C14H27ClN2O2S. The molecule has 2 rings (SSSR count). The van der Waals surface area contributed by atoms with E-state index >= 15 is 0 Å². The van der Waals surface area contributed by atoms with E-state index in [2.05, 4.69) is 10.6 Å². The lowest BCUT2D eigenvalue weighted by Gasteiger charge is -2.42. The summed E-state index contributed by atoms with van der Waals surface area (Å²) >= 11 is 1.94. The lowest BCUT2D eigenvalue weighted by molar-refractivity contribution is -0.122. The Bertz CT molecular complexity index is 295. The van der Waals surface area contributed by atoms with E-state index in [0.29, 0.717) is 17.9 Å². The fraction of sp³-hybridized carbons (Fsp3) is 0.929. The second-order valence-electron chi connectivity index (χ2n) is 5.80. The molecular weight excluding hydrogens is 296 g/mol. The average Bonchev–Trinajstić information content (AvgIpc) is 2.38. The highest BCUT2D eigenvalue weighted by Crippen LogP contribution is 2.43. The number of ether oxygens (including phenoxy) is 1. The van der Waals surface area contributed by atoms with Crippen LogP contribution in [0.3, 0.4) is 0 Å².